The number of ketones is 1. The van der Waals surface area contributed by atoms with Crippen LogP contribution < -0.4 is 14.2 Å². The van der Waals surface area contributed by atoms with Gasteiger partial charge in [-0.2, -0.15) is 0 Å². The van der Waals surface area contributed by atoms with Crippen LogP contribution >= 0.6 is 0 Å². The zero-order valence-corrected chi connectivity index (χ0v) is 20.4. The van der Waals surface area contributed by atoms with Gasteiger partial charge in [-0.05, 0) is 55.0 Å². The third-order valence-corrected chi connectivity index (χ3v) is 6.20. The average Bonchev–Trinajstić information content (AvgIpc) is 2.89. The number of hydrogen-bond donors (Lipinski definition) is 1. The van der Waals surface area contributed by atoms with Gasteiger partial charge in [0.05, 0.1) is 25.4 Å². The van der Waals surface area contributed by atoms with Crippen molar-refractivity contribution in [3.63, 3.8) is 0 Å². The van der Waals surface area contributed by atoms with Crippen LogP contribution in [-0.2, 0) is 17.6 Å². The van der Waals surface area contributed by atoms with Crippen molar-refractivity contribution in [2.45, 2.75) is 44.9 Å². The molecule has 0 aromatic heterocycles. The number of Topliss-reactive ketones (excluding diaryl/α,β-unsaturated/α-hetero) is 1. The highest BCUT2D eigenvalue weighted by Crippen LogP contribution is 2.37. The molecular weight excluding hydrogens is 456 g/mol. The van der Waals surface area contributed by atoms with Crippen molar-refractivity contribution in [1.29, 1.82) is 0 Å². The number of carbonyl (C=O) groups is 2. The zero-order chi connectivity index (χ0) is 25.2. The van der Waals surface area contributed by atoms with E-state index < -0.39 is 5.97 Å². The monoisotopic (exact) mass is 488 g/mol. The van der Waals surface area contributed by atoms with Gasteiger partial charge in [-0.3, -0.25) is 9.59 Å². The SMILES string of the molecule is O=C(O)CCc1ccccc1OCCCCCOc1ccc2c(c1Cc1ccccc1)OCCC2=O. The highest BCUT2D eigenvalue weighted by atomic mass is 16.5. The van der Waals surface area contributed by atoms with E-state index >= 15 is 0 Å². The Morgan fingerprint density at radius 3 is 2.36 bits per heavy atom. The summed E-state index contributed by atoms with van der Waals surface area (Å²) in [6, 6.07) is 21.4. The molecule has 1 aliphatic heterocycles. The Morgan fingerprint density at radius 1 is 0.861 bits per heavy atom. The molecule has 0 unspecified atom stereocenters. The smallest absolute Gasteiger partial charge is 0.303 e. The summed E-state index contributed by atoms with van der Waals surface area (Å²) in [5.74, 6) is 1.47. The number of hydrogen-bond acceptors (Lipinski definition) is 5. The first-order chi connectivity index (χ1) is 17.6. The lowest BCUT2D eigenvalue weighted by atomic mass is 9.96. The maximum atomic E-state index is 12.4. The van der Waals surface area contributed by atoms with E-state index in [1.807, 2.05) is 54.6 Å². The van der Waals surface area contributed by atoms with Crippen molar-refractivity contribution in [3.8, 4) is 17.2 Å². The molecule has 0 radical (unpaired) electrons. The Bertz CT molecular complexity index is 1170. The van der Waals surface area contributed by atoms with Crippen molar-refractivity contribution in [2.24, 2.45) is 0 Å². The highest BCUT2D eigenvalue weighted by Gasteiger charge is 2.24. The van der Waals surface area contributed by atoms with Crippen LogP contribution in [0.4, 0.5) is 0 Å². The molecule has 1 aliphatic rings. The molecule has 0 aliphatic carbocycles. The third kappa shape index (κ3) is 6.87. The number of fused-ring (bicyclic) bond motifs is 1. The van der Waals surface area contributed by atoms with Gasteiger partial charge in [0.25, 0.3) is 0 Å². The normalized spacial score (nSPS) is 12.5. The molecule has 4 rings (SSSR count). The van der Waals surface area contributed by atoms with Crippen molar-refractivity contribution in [1.82, 2.24) is 0 Å². The molecule has 0 atom stereocenters. The van der Waals surface area contributed by atoms with Crippen LogP contribution in [-0.4, -0.2) is 36.7 Å². The Labute approximate surface area is 211 Å². The minimum Gasteiger partial charge on any atom is -0.493 e. The molecule has 3 aromatic carbocycles. The van der Waals surface area contributed by atoms with E-state index in [2.05, 4.69) is 12.1 Å². The zero-order valence-electron chi connectivity index (χ0n) is 20.4. The topological polar surface area (TPSA) is 82.1 Å². The van der Waals surface area contributed by atoms with Crippen LogP contribution in [0.5, 0.6) is 17.2 Å². The van der Waals surface area contributed by atoms with Gasteiger partial charge in [0.1, 0.15) is 17.2 Å². The Balaban J connectivity index is 1.29. The van der Waals surface area contributed by atoms with Gasteiger partial charge in [0, 0.05) is 24.8 Å². The number of para-hydroxylation sites is 1. The molecule has 36 heavy (non-hydrogen) atoms. The maximum absolute atomic E-state index is 12.4. The molecule has 6 nitrogen and oxygen atoms in total. The van der Waals surface area contributed by atoms with Crippen LogP contribution in [0.3, 0.4) is 0 Å². The summed E-state index contributed by atoms with van der Waals surface area (Å²) in [6.07, 6.45) is 4.27. The molecule has 6 heteroatoms. The number of unbranched alkanes of at least 4 members (excludes halogenated alkanes) is 2. The molecule has 0 saturated heterocycles. The second-order valence-electron chi connectivity index (χ2n) is 8.86. The largest absolute Gasteiger partial charge is 0.493 e. The average molecular weight is 489 g/mol. The second-order valence-corrected chi connectivity index (χ2v) is 8.86. The summed E-state index contributed by atoms with van der Waals surface area (Å²) in [5, 5.41) is 8.93. The number of rotatable bonds is 13. The van der Waals surface area contributed by atoms with Gasteiger partial charge in [0.15, 0.2) is 5.78 Å². The summed E-state index contributed by atoms with van der Waals surface area (Å²) >= 11 is 0. The lowest BCUT2D eigenvalue weighted by molar-refractivity contribution is -0.136. The van der Waals surface area contributed by atoms with E-state index in [0.29, 0.717) is 50.4 Å². The Hall–Kier alpha value is -3.80. The molecular formula is C30H32O6. The maximum Gasteiger partial charge on any atom is 0.303 e. The van der Waals surface area contributed by atoms with Gasteiger partial charge in [0.2, 0.25) is 0 Å². The summed E-state index contributed by atoms with van der Waals surface area (Å²) in [5.41, 5.74) is 3.62. The highest BCUT2D eigenvalue weighted by molar-refractivity contribution is 6.00. The quantitative estimate of drug-likeness (QED) is 0.302. The first-order valence-corrected chi connectivity index (χ1v) is 12.5. The van der Waals surface area contributed by atoms with Crippen LogP contribution in [0.2, 0.25) is 0 Å². The van der Waals surface area contributed by atoms with Crippen LogP contribution in [0.15, 0.2) is 66.7 Å². The summed E-state index contributed by atoms with van der Waals surface area (Å²) < 4.78 is 18.0. The summed E-state index contributed by atoms with van der Waals surface area (Å²) in [4.78, 5) is 23.3. The van der Waals surface area contributed by atoms with Crippen molar-refractivity contribution in [2.75, 3.05) is 19.8 Å². The van der Waals surface area contributed by atoms with Crippen molar-refractivity contribution in [3.05, 3.63) is 89.0 Å². The molecule has 0 saturated carbocycles. The Kier molecular flexibility index (Phi) is 8.98. The van der Waals surface area contributed by atoms with Crippen LogP contribution in [0.1, 0.15) is 59.2 Å². The van der Waals surface area contributed by atoms with E-state index in [-0.39, 0.29) is 12.2 Å². The van der Waals surface area contributed by atoms with Crippen LogP contribution in [0, 0.1) is 0 Å². The first kappa shape index (κ1) is 25.3. The van der Waals surface area contributed by atoms with Gasteiger partial charge in [-0.25, -0.2) is 0 Å². The van der Waals surface area contributed by atoms with E-state index in [9.17, 15) is 9.59 Å². The van der Waals surface area contributed by atoms with E-state index in [1.165, 1.54) is 0 Å². The minimum atomic E-state index is -0.811. The van der Waals surface area contributed by atoms with Gasteiger partial charge in [-0.15, -0.1) is 0 Å². The van der Waals surface area contributed by atoms with E-state index in [0.717, 1.165) is 47.5 Å². The first-order valence-electron chi connectivity index (χ1n) is 12.5. The molecule has 0 bridgehead atoms. The van der Waals surface area contributed by atoms with Gasteiger partial charge < -0.3 is 19.3 Å². The summed E-state index contributed by atoms with van der Waals surface area (Å²) in [7, 11) is 0. The lowest BCUT2D eigenvalue weighted by Crippen LogP contribution is -2.17. The number of carboxylic acid groups (broad SMARTS) is 1. The second kappa shape index (κ2) is 12.8. The van der Waals surface area contributed by atoms with Crippen molar-refractivity contribution < 1.29 is 28.9 Å². The number of carboxylic acids is 1. The lowest BCUT2D eigenvalue weighted by Gasteiger charge is -2.22. The minimum absolute atomic E-state index is 0.0892. The number of ether oxygens (including phenoxy) is 3. The van der Waals surface area contributed by atoms with E-state index in [4.69, 9.17) is 19.3 Å². The molecule has 0 amide bonds. The fourth-order valence-corrected chi connectivity index (χ4v) is 4.32. The molecule has 0 fully saturated rings. The molecule has 188 valence electrons. The predicted octanol–water partition coefficient (Wildman–Crippen LogP) is 5.89. The fourth-order valence-electron chi connectivity index (χ4n) is 4.32. The fraction of sp³-hybridized carbons (Fsp3) is 0.333. The van der Waals surface area contributed by atoms with Crippen molar-refractivity contribution >= 4 is 11.8 Å². The number of aliphatic carboxylic acids is 1. The molecule has 1 heterocycles. The molecule has 1 N–H and O–H groups in total. The number of benzene rings is 3. The molecule has 0 spiro atoms. The van der Waals surface area contributed by atoms with E-state index in [1.54, 1.807) is 0 Å². The number of aryl methyl sites for hydroxylation is 1. The van der Waals surface area contributed by atoms with Gasteiger partial charge >= 0.3 is 5.97 Å². The number of carbonyl (C=O) groups excluding carboxylic acids is 1. The molecule has 3 aromatic rings. The summed E-state index contributed by atoms with van der Waals surface area (Å²) in [6.45, 7) is 1.53. The third-order valence-electron chi connectivity index (χ3n) is 6.20. The van der Waals surface area contributed by atoms with Crippen LogP contribution in [0.25, 0.3) is 0 Å². The van der Waals surface area contributed by atoms with Gasteiger partial charge in [-0.1, -0.05) is 48.5 Å². The Morgan fingerprint density at radius 2 is 1.58 bits per heavy atom. The standard InChI is InChI=1S/C30H32O6/c31-26-17-20-36-30-24(26)14-15-28(25(30)21-22-9-3-1-4-10-22)35-19-8-2-7-18-34-27-12-6-5-11-23(27)13-16-29(32)33/h1,3-6,9-12,14-15H,2,7-8,13,16-21H2,(H,32,33). The predicted molar refractivity (Wildman–Crippen MR) is 137 cm³/mol.